The first-order valence-electron chi connectivity index (χ1n) is 6.57. The highest BCUT2D eigenvalue weighted by molar-refractivity contribution is 5.90. The predicted octanol–water partition coefficient (Wildman–Crippen LogP) is 2.06. The van der Waals surface area contributed by atoms with Crippen LogP contribution < -0.4 is 11.1 Å². The van der Waals surface area contributed by atoms with Crippen molar-refractivity contribution >= 4 is 11.6 Å². The largest absolute Gasteiger partial charge is 0.326 e. The van der Waals surface area contributed by atoms with Crippen molar-refractivity contribution in [2.45, 2.75) is 25.8 Å². The minimum Gasteiger partial charge on any atom is -0.326 e. The third-order valence-corrected chi connectivity index (χ3v) is 2.84. The van der Waals surface area contributed by atoms with Gasteiger partial charge in [0.05, 0.1) is 6.54 Å². The first-order valence-corrected chi connectivity index (χ1v) is 6.57. The molecule has 0 aliphatic heterocycles. The maximum absolute atomic E-state index is 12.1. The molecule has 6 heteroatoms. The van der Waals surface area contributed by atoms with Crippen LogP contribution in [0, 0.1) is 0 Å². The SMILES string of the molecule is CN(CCCC(=O)Nc1cccc(CN)c1)CC(F)F. The molecule has 0 aliphatic carbocycles. The van der Waals surface area contributed by atoms with Crippen LogP contribution in [0.4, 0.5) is 14.5 Å². The lowest BCUT2D eigenvalue weighted by Gasteiger charge is -2.15. The van der Waals surface area contributed by atoms with Crippen molar-refractivity contribution in [3.63, 3.8) is 0 Å². The second-order valence-corrected chi connectivity index (χ2v) is 4.71. The first kappa shape index (κ1) is 16.5. The zero-order chi connectivity index (χ0) is 15.0. The molecule has 0 fully saturated rings. The Morgan fingerprint density at radius 2 is 2.20 bits per heavy atom. The van der Waals surface area contributed by atoms with Gasteiger partial charge in [0.1, 0.15) is 0 Å². The van der Waals surface area contributed by atoms with Crippen molar-refractivity contribution in [3.05, 3.63) is 29.8 Å². The highest BCUT2D eigenvalue weighted by Gasteiger charge is 2.08. The average Bonchev–Trinajstić information content (AvgIpc) is 2.38. The summed E-state index contributed by atoms with van der Waals surface area (Å²) in [5.74, 6) is -0.121. The third kappa shape index (κ3) is 6.58. The lowest BCUT2D eigenvalue weighted by molar-refractivity contribution is -0.116. The molecule has 0 unspecified atom stereocenters. The van der Waals surface area contributed by atoms with E-state index in [1.54, 1.807) is 13.1 Å². The number of alkyl halides is 2. The van der Waals surface area contributed by atoms with E-state index < -0.39 is 6.43 Å². The Balaban J connectivity index is 2.29. The molecule has 20 heavy (non-hydrogen) atoms. The smallest absolute Gasteiger partial charge is 0.251 e. The van der Waals surface area contributed by atoms with E-state index in [1.807, 2.05) is 18.2 Å². The zero-order valence-corrected chi connectivity index (χ0v) is 11.6. The molecule has 1 aromatic rings. The van der Waals surface area contributed by atoms with Crippen LogP contribution in [-0.4, -0.2) is 37.4 Å². The van der Waals surface area contributed by atoms with Gasteiger partial charge in [-0.15, -0.1) is 0 Å². The molecule has 0 spiro atoms. The fourth-order valence-electron chi connectivity index (χ4n) is 1.84. The molecule has 3 N–H and O–H groups in total. The van der Waals surface area contributed by atoms with Crippen molar-refractivity contribution in [2.24, 2.45) is 5.73 Å². The molecule has 1 aromatic carbocycles. The molecular weight excluding hydrogens is 264 g/mol. The molecule has 1 amide bonds. The maximum atomic E-state index is 12.1. The molecule has 0 saturated heterocycles. The number of hydrogen-bond donors (Lipinski definition) is 2. The number of nitrogens with two attached hydrogens (primary N) is 1. The van der Waals surface area contributed by atoms with Gasteiger partial charge in [-0.2, -0.15) is 0 Å². The summed E-state index contributed by atoms with van der Waals surface area (Å²) in [5, 5.41) is 2.77. The summed E-state index contributed by atoms with van der Waals surface area (Å²) in [6, 6.07) is 7.32. The van der Waals surface area contributed by atoms with Gasteiger partial charge >= 0.3 is 0 Å². The van der Waals surface area contributed by atoms with Crippen LogP contribution in [0.2, 0.25) is 0 Å². The molecule has 112 valence electrons. The number of carbonyl (C=O) groups is 1. The van der Waals surface area contributed by atoms with E-state index >= 15 is 0 Å². The summed E-state index contributed by atoms with van der Waals surface area (Å²) in [6.45, 7) is 0.628. The normalized spacial score (nSPS) is 11.1. The molecule has 0 bridgehead atoms. The molecule has 0 heterocycles. The summed E-state index contributed by atoms with van der Waals surface area (Å²) in [4.78, 5) is 13.2. The Morgan fingerprint density at radius 3 is 2.85 bits per heavy atom. The number of nitrogens with one attached hydrogen (secondary N) is 1. The number of amides is 1. The fraction of sp³-hybridized carbons (Fsp3) is 0.500. The summed E-state index contributed by atoms with van der Waals surface area (Å²) < 4.78 is 24.2. The van der Waals surface area contributed by atoms with E-state index in [9.17, 15) is 13.6 Å². The molecular formula is C14H21F2N3O. The number of hydrogen-bond acceptors (Lipinski definition) is 3. The van der Waals surface area contributed by atoms with Crippen LogP contribution in [0.1, 0.15) is 18.4 Å². The van der Waals surface area contributed by atoms with E-state index in [2.05, 4.69) is 5.32 Å². The van der Waals surface area contributed by atoms with E-state index in [0.717, 1.165) is 5.56 Å². The van der Waals surface area contributed by atoms with E-state index in [-0.39, 0.29) is 12.5 Å². The van der Waals surface area contributed by atoms with Gasteiger partial charge in [0.15, 0.2) is 0 Å². The van der Waals surface area contributed by atoms with Crippen molar-refractivity contribution in [3.8, 4) is 0 Å². The van der Waals surface area contributed by atoms with Gasteiger partial charge in [-0.1, -0.05) is 12.1 Å². The highest BCUT2D eigenvalue weighted by atomic mass is 19.3. The molecule has 0 atom stereocenters. The van der Waals surface area contributed by atoms with Crippen LogP contribution in [0.25, 0.3) is 0 Å². The van der Waals surface area contributed by atoms with Crippen LogP contribution in [0.3, 0.4) is 0 Å². The number of halogens is 2. The molecule has 4 nitrogen and oxygen atoms in total. The maximum Gasteiger partial charge on any atom is 0.251 e. The third-order valence-electron chi connectivity index (χ3n) is 2.84. The van der Waals surface area contributed by atoms with E-state index in [4.69, 9.17) is 5.73 Å². The minimum absolute atomic E-state index is 0.121. The summed E-state index contributed by atoms with van der Waals surface area (Å²) in [6.07, 6.45) is -1.49. The fourth-order valence-corrected chi connectivity index (χ4v) is 1.84. The van der Waals surface area contributed by atoms with Gasteiger partial charge in [-0.05, 0) is 37.7 Å². The number of nitrogens with zero attached hydrogens (tertiary/aromatic N) is 1. The van der Waals surface area contributed by atoms with Gasteiger partial charge in [0, 0.05) is 18.7 Å². The Hall–Kier alpha value is -1.53. The number of rotatable bonds is 8. The van der Waals surface area contributed by atoms with Gasteiger partial charge in [-0.25, -0.2) is 8.78 Å². The average molecular weight is 285 g/mol. The van der Waals surface area contributed by atoms with E-state index in [1.165, 1.54) is 4.90 Å². The van der Waals surface area contributed by atoms with Crippen molar-refractivity contribution in [1.29, 1.82) is 0 Å². The summed E-state index contributed by atoms with van der Waals surface area (Å²) >= 11 is 0. The quantitative estimate of drug-likeness (QED) is 0.768. The number of anilines is 1. The van der Waals surface area contributed by atoms with Crippen molar-refractivity contribution in [1.82, 2.24) is 4.90 Å². The Labute approximate surface area is 117 Å². The number of benzene rings is 1. The Bertz CT molecular complexity index is 427. The standard InChI is InChI=1S/C14H21F2N3O/c1-19(10-13(15)16)7-3-6-14(20)18-12-5-2-4-11(8-12)9-17/h2,4-5,8,13H,3,6-7,9-10,17H2,1H3,(H,18,20). The Kier molecular flexibility index (Phi) is 7.11. The molecule has 0 saturated carbocycles. The van der Waals surface area contributed by atoms with Crippen LogP contribution in [-0.2, 0) is 11.3 Å². The van der Waals surface area contributed by atoms with Crippen LogP contribution in [0.5, 0.6) is 0 Å². The second kappa shape index (κ2) is 8.60. The highest BCUT2D eigenvalue weighted by Crippen LogP contribution is 2.10. The Morgan fingerprint density at radius 1 is 1.45 bits per heavy atom. The zero-order valence-electron chi connectivity index (χ0n) is 11.6. The van der Waals surface area contributed by atoms with E-state index in [0.29, 0.717) is 31.6 Å². The first-order chi connectivity index (χ1) is 9.51. The predicted molar refractivity (Wildman–Crippen MR) is 75.7 cm³/mol. The van der Waals surface area contributed by atoms with Gasteiger partial charge < -0.3 is 16.0 Å². The second-order valence-electron chi connectivity index (χ2n) is 4.71. The minimum atomic E-state index is -2.34. The lowest BCUT2D eigenvalue weighted by Crippen LogP contribution is -2.26. The molecule has 0 radical (unpaired) electrons. The monoisotopic (exact) mass is 285 g/mol. The summed E-state index contributed by atoms with van der Waals surface area (Å²) in [5.41, 5.74) is 7.17. The van der Waals surface area contributed by atoms with Crippen LogP contribution in [0.15, 0.2) is 24.3 Å². The van der Waals surface area contributed by atoms with Crippen LogP contribution >= 0.6 is 0 Å². The molecule has 0 aromatic heterocycles. The van der Waals surface area contributed by atoms with Gasteiger partial charge in [0.25, 0.3) is 6.43 Å². The summed E-state index contributed by atoms with van der Waals surface area (Å²) in [7, 11) is 1.62. The van der Waals surface area contributed by atoms with Gasteiger partial charge in [0.2, 0.25) is 5.91 Å². The number of carbonyl (C=O) groups excluding carboxylic acids is 1. The van der Waals surface area contributed by atoms with Crippen molar-refractivity contribution in [2.75, 3.05) is 25.5 Å². The van der Waals surface area contributed by atoms with Gasteiger partial charge in [-0.3, -0.25) is 4.79 Å². The topological polar surface area (TPSA) is 58.4 Å². The molecule has 1 rings (SSSR count). The van der Waals surface area contributed by atoms with Crippen molar-refractivity contribution < 1.29 is 13.6 Å². The lowest BCUT2D eigenvalue weighted by atomic mass is 10.2. The molecule has 0 aliphatic rings.